The smallest absolute Gasteiger partial charge is 0.262 e. The standard InChI is InChI=1S/C20H15N3O4/c1-11-6-2-4-8-14(11)27-15-9-5-3-7-13(15)23-16(24)10-12-17(18(23)21)20(26)22-19(12)25/h2-10H,21H2,1H3,(H,22,25,26). The van der Waals surface area contributed by atoms with Gasteiger partial charge in [0.05, 0.1) is 16.8 Å². The van der Waals surface area contributed by atoms with Crippen molar-refractivity contribution in [3.8, 4) is 17.2 Å². The Labute approximate surface area is 154 Å². The van der Waals surface area contributed by atoms with Crippen LogP contribution in [-0.4, -0.2) is 16.4 Å². The highest BCUT2D eigenvalue weighted by molar-refractivity contribution is 6.23. The minimum Gasteiger partial charge on any atom is -0.455 e. The predicted octanol–water partition coefficient (Wildman–Crippen LogP) is 2.40. The van der Waals surface area contributed by atoms with Crippen LogP contribution in [0.3, 0.4) is 0 Å². The highest BCUT2D eigenvalue weighted by atomic mass is 16.5. The summed E-state index contributed by atoms with van der Waals surface area (Å²) in [4.78, 5) is 36.5. The molecule has 0 saturated heterocycles. The van der Waals surface area contributed by atoms with Gasteiger partial charge in [-0.05, 0) is 30.7 Å². The van der Waals surface area contributed by atoms with E-state index in [2.05, 4.69) is 5.32 Å². The largest absolute Gasteiger partial charge is 0.455 e. The third kappa shape index (κ3) is 2.65. The first-order valence-electron chi connectivity index (χ1n) is 8.21. The van der Waals surface area contributed by atoms with Crippen LogP contribution in [0.4, 0.5) is 5.82 Å². The van der Waals surface area contributed by atoms with Crippen LogP contribution in [0.1, 0.15) is 26.3 Å². The van der Waals surface area contributed by atoms with Crippen LogP contribution in [0.2, 0.25) is 0 Å². The Bertz CT molecular complexity index is 1160. The van der Waals surface area contributed by atoms with Crippen molar-refractivity contribution in [2.24, 2.45) is 0 Å². The first-order valence-corrected chi connectivity index (χ1v) is 8.21. The molecule has 7 heteroatoms. The summed E-state index contributed by atoms with van der Waals surface area (Å²) in [7, 11) is 0. The lowest BCUT2D eigenvalue weighted by Gasteiger charge is -2.16. The van der Waals surface area contributed by atoms with Crippen LogP contribution in [0.15, 0.2) is 59.4 Å². The van der Waals surface area contributed by atoms with Crippen molar-refractivity contribution in [2.75, 3.05) is 5.73 Å². The number of aromatic nitrogens is 1. The van der Waals surface area contributed by atoms with E-state index in [1.165, 1.54) is 4.57 Å². The van der Waals surface area contributed by atoms with Crippen LogP contribution in [0, 0.1) is 6.92 Å². The maximum absolute atomic E-state index is 12.7. The number of carbonyl (C=O) groups excluding carboxylic acids is 2. The molecule has 1 aromatic heterocycles. The van der Waals surface area contributed by atoms with Gasteiger partial charge < -0.3 is 10.5 Å². The second-order valence-electron chi connectivity index (χ2n) is 6.11. The Morgan fingerprint density at radius 3 is 2.33 bits per heavy atom. The first kappa shape index (κ1) is 16.6. The molecule has 0 spiro atoms. The predicted molar refractivity (Wildman–Crippen MR) is 99.5 cm³/mol. The van der Waals surface area contributed by atoms with Crippen LogP contribution in [0.5, 0.6) is 11.5 Å². The number of rotatable bonds is 3. The number of pyridine rings is 1. The molecular weight excluding hydrogens is 346 g/mol. The van der Waals surface area contributed by atoms with Crippen molar-refractivity contribution in [2.45, 2.75) is 6.92 Å². The van der Waals surface area contributed by atoms with E-state index >= 15 is 0 Å². The number of para-hydroxylation sites is 3. The monoisotopic (exact) mass is 361 g/mol. The lowest BCUT2D eigenvalue weighted by molar-refractivity contribution is 0.0880. The second-order valence-corrected chi connectivity index (χ2v) is 6.11. The molecule has 7 nitrogen and oxygen atoms in total. The number of anilines is 1. The van der Waals surface area contributed by atoms with Gasteiger partial charge >= 0.3 is 0 Å². The second kappa shape index (κ2) is 6.14. The van der Waals surface area contributed by atoms with E-state index in [0.29, 0.717) is 17.2 Å². The normalized spacial score (nSPS) is 12.6. The van der Waals surface area contributed by atoms with Gasteiger partial charge in [-0.3, -0.25) is 24.3 Å². The van der Waals surface area contributed by atoms with Gasteiger partial charge in [-0.15, -0.1) is 0 Å². The van der Waals surface area contributed by atoms with Crippen molar-refractivity contribution in [1.82, 2.24) is 9.88 Å². The molecule has 0 saturated carbocycles. The highest BCUT2D eigenvalue weighted by Gasteiger charge is 2.32. The number of nitrogens with one attached hydrogen (secondary N) is 1. The molecule has 1 aliphatic heterocycles. The van der Waals surface area contributed by atoms with Crippen molar-refractivity contribution in [3.05, 3.63) is 81.6 Å². The molecule has 134 valence electrons. The fourth-order valence-corrected chi connectivity index (χ4v) is 3.05. The number of nitrogens with two attached hydrogens (primary N) is 1. The van der Waals surface area contributed by atoms with Crippen LogP contribution in [0.25, 0.3) is 5.69 Å². The van der Waals surface area contributed by atoms with E-state index in [1.54, 1.807) is 24.3 Å². The molecular formula is C20H15N3O4. The number of hydrogen-bond acceptors (Lipinski definition) is 5. The first-order chi connectivity index (χ1) is 13.0. The molecule has 2 heterocycles. The number of amides is 2. The Morgan fingerprint density at radius 2 is 1.59 bits per heavy atom. The maximum atomic E-state index is 12.7. The fourth-order valence-electron chi connectivity index (χ4n) is 3.05. The number of nitrogens with zero attached hydrogens (tertiary/aromatic N) is 1. The molecule has 1 aliphatic rings. The lowest BCUT2D eigenvalue weighted by atomic mass is 10.1. The van der Waals surface area contributed by atoms with Gasteiger partial charge in [0, 0.05) is 6.07 Å². The minimum atomic E-state index is -0.629. The molecule has 27 heavy (non-hydrogen) atoms. The number of imide groups is 1. The average molecular weight is 361 g/mol. The van der Waals surface area contributed by atoms with Crippen molar-refractivity contribution in [3.63, 3.8) is 0 Å². The quantitative estimate of drug-likeness (QED) is 0.697. The summed E-state index contributed by atoms with van der Waals surface area (Å²) in [5.74, 6) is -0.341. The molecule has 4 rings (SSSR count). The van der Waals surface area contributed by atoms with E-state index in [4.69, 9.17) is 10.5 Å². The Balaban J connectivity index is 1.90. The van der Waals surface area contributed by atoms with Gasteiger partial charge in [0.2, 0.25) is 0 Å². The van der Waals surface area contributed by atoms with E-state index in [9.17, 15) is 14.4 Å². The summed E-state index contributed by atoms with van der Waals surface area (Å²) in [6.45, 7) is 1.91. The number of fused-ring (bicyclic) bond motifs is 1. The third-order valence-corrected chi connectivity index (χ3v) is 4.37. The zero-order valence-corrected chi connectivity index (χ0v) is 14.4. The zero-order valence-electron chi connectivity index (χ0n) is 14.4. The van der Waals surface area contributed by atoms with Gasteiger partial charge in [0.25, 0.3) is 17.4 Å². The van der Waals surface area contributed by atoms with Crippen molar-refractivity contribution >= 4 is 17.6 Å². The average Bonchev–Trinajstić information content (AvgIpc) is 2.92. The molecule has 2 aromatic carbocycles. The number of nitrogen functional groups attached to an aromatic ring is 1. The van der Waals surface area contributed by atoms with E-state index < -0.39 is 17.4 Å². The Kier molecular flexibility index (Phi) is 3.77. The lowest BCUT2D eigenvalue weighted by Crippen LogP contribution is -2.24. The molecule has 0 bridgehead atoms. The van der Waals surface area contributed by atoms with Crippen LogP contribution < -0.4 is 21.3 Å². The Morgan fingerprint density at radius 1 is 0.926 bits per heavy atom. The fraction of sp³-hybridized carbons (Fsp3) is 0.0500. The SMILES string of the molecule is Cc1ccccc1Oc1ccccc1-n1c(N)c2c(cc1=O)C(=O)NC2=O. The summed E-state index contributed by atoms with van der Waals surface area (Å²) in [5, 5.41) is 2.15. The Hall–Kier alpha value is -3.87. The van der Waals surface area contributed by atoms with Gasteiger partial charge in [0.15, 0.2) is 5.75 Å². The number of benzene rings is 2. The van der Waals surface area contributed by atoms with Gasteiger partial charge in [-0.2, -0.15) is 0 Å². The summed E-state index contributed by atoms with van der Waals surface area (Å²) >= 11 is 0. The zero-order chi connectivity index (χ0) is 19.1. The summed E-state index contributed by atoms with van der Waals surface area (Å²) in [5.41, 5.74) is 6.85. The topological polar surface area (TPSA) is 103 Å². The number of hydrogen-bond donors (Lipinski definition) is 2. The van der Waals surface area contributed by atoms with Gasteiger partial charge in [-0.25, -0.2) is 0 Å². The van der Waals surface area contributed by atoms with E-state index in [1.807, 2.05) is 31.2 Å². The number of carbonyl (C=O) groups is 2. The van der Waals surface area contributed by atoms with Crippen molar-refractivity contribution < 1.29 is 14.3 Å². The summed E-state index contributed by atoms with van der Waals surface area (Å²) in [6, 6.07) is 15.4. The minimum absolute atomic E-state index is 0.00899. The van der Waals surface area contributed by atoms with Crippen LogP contribution in [-0.2, 0) is 0 Å². The molecule has 2 amide bonds. The third-order valence-electron chi connectivity index (χ3n) is 4.37. The molecule has 0 radical (unpaired) electrons. The number of aryl methyl sites for hydroxylation is 1. The molecule has 0 fully saturated rings. The molecule has 3 aromatic rings. The molecule has 0 aliphatic carbocycles. The molecule has 0 atom stereocenters. The van der Waals surface area contributed by atoms with Gasteiger partial charge in [-0.1, -0.05) is 30.3 Å². The van der Waals surface area contributed by atoms with E-state index in [0.717, 1.165) is 11.6 Å². The molecule has 0 unspecified atom stereocenters. The van der Waals surface area contributed by atoms with Gasteiger partial charge in [0.1, 0.15) is 11.6 Å². The van der Waals surface area contributed by atoms with Crippen molar-refractivity contribution in [1.29, 1.82) is 0 Å². The van der Waals surface area contributed by atoms with E-state index in [-0.39, 0.29) is 16.9 Å². The van der Waals surface area contributed by atoms with Crippen LogP contribution >= 0.6 is 0 Å². The maximum Gasteiger partial charge on any atom is 0.262 e. The number of ether oxygens (including phenoxy) is 1. The summed E-state index contributed by atoms with van der Waals surface area (Å²) < 4.78 is 7.16. The molecule has 3 N–H and O–H groups in total. The highest BCUT2D eigenvalue weighted by Crippen LogP contribution is 2.32. The summed E-state index contributed by atoms with van der Waals surface area (Å²) in [6.07, 6.45) is 0.